The lowest BCUT2D eigenvalue weighted by Gasteiger charge is -2.56. The van der Waals surface area contributed by atoms with Crippen LogP contribution in [0.15, 0.2) is 0 Å². The molecule has 0 heterocycles. The zero-order valence-electron chi connectivity index (χ0n) is 12.9. The van der Waals surface area contributed by atoms with Crippen LogP contribution in [0.2, 0.25) is 0 Å². The molecule has 0 aromatic rings. The molecule has 4 aliphatic rings. The van der Waals surface area contributed by atoms with Crippen LogP contribution in [0, 0.1) is 40.4 Å². The third kappa shape index (κ3) is 2.05. The number of amides is 1. The molecule has 3 nitrogen and oxygen atoms in total. The average Bonchev–Trinajstić information content (AvgIpc) is 2.36. The second kappa shape index (κ2) is 4.48. The van der Waals surface area contributed by atoms with Gasteiger partial charge in [0.25, 0.3) is 0 Å². The van der Waals surface area contributed by atoms with Crippen molar-refractivity contribution in [2.24, 2.45) is 29.1 Å². The van der Waals surface area contributed by atoms with Crippen molar-refractivity contribution < 1.29 is 4.79 Å². The fraction of sp³-hybridized carbons (Fsp3) is 0.882. The van der Waals surface area contributed by atoms with Crippen LogP contribution in [0.1, 0.15) is 59.3 Å². The summed E-state index contributed by atoms with van der Waals surface area (Å²) in [6, 6.07) is 2.31. The van der Waals surface area contributed by atoms with E-state index in [-0.39, 0.29) is 17.2 Å². The van der Waals surface area contributed by atoms with Gasteiger partial charge in [0.2, 0.25) is 5.91 Å². The van der Waals surface area contributed by atoms with E-state index in [0.29, 0.717) is 0 Å². The van der Waals surface area contributed by atoms with E-state index in [9.17, 15) is 10.1 Å². The summed E-state index contributed by atoms with van der Waals surface area (Å²) in [4.78, 5) is 12.9. The molecule has 1 amide bonds. The van der Waals surface area contributed by atoms with Crippen LogP contribution in [-0.4, -0.2) is 11.4 Å². The number of hydrogen-bond donors (Lipinski definition) is 1. The molecule has 4 rings (SSSR count). The SMILES string of the molecule is CC(C)C(C)(C#N)NC(=O)C12CC3CC(CC(C3)C1)C2. The van der Waals surface area contributed by atoms with Gasteiger partial charge in [-0.2, -0.15) is 5.26 Å². The maximum atomic E-state index is 12.9. The monoisotopic (exact) mass is 274 g/mol. The molecule has 0 aliphatic heterocycles. The normalized spacial score (nSPS) is 41.2. The summed E-state index contributed by atoms with van der Waals surface area (Å²) in [5.74, 6) is 2.58. The molecule has 20 heavy (non-hydrogen) atoms. The predicted molar refractivity (Wildman–Crippen MR) is 77.6 cm³/mol. The number of rotatable bonds is 3. The Hall–Kier alpha value is -1.04. The summed E-state index contributed by atoms with van der Waals surface area (Å²) < 4.78 is 0. The van der Waals surface area contributed by atoms with Crippen LogP contribution < -0.4 is 5.32 Å². The van der Waals surface area contributed by atoms with Gasteiger partial charge in [0.15, 0.2) is 0 Å². The van der Waals surface area contributed by atoms with E-state index in [4.69, 9.17) is 0 Å². The van der Waals surface area contributed by atoms with Crippen molar-refractivity contribution in [3.63, 3.8) is 0 Å². The Bertz CT molecular complexity index is 427. The zero-order valence-corrected chi connectivity index (χ0v) is 12.9. The molecule has 4 saturated carbocycles. The molecule has 0 spiro atoms. The first-order valence-corrected chi connectivity index (χ1v) is 8.11. The van der Waals surface area contributed by atoms with Crippen molar-refractivity contribution in [1.29, 1.82) is 5.26 Å². The van der Waals surface area contributed by atoms with Crippen LogP contribution in [0.25, 0.3) is 0 Å². The summed E-state index contributed by atoms with van der Waals surface area (Å²) in [6.07, 6.45) is 7.20. The molecule has 1 unspecified atom stereocenters. The molecule has 0 aromatic heterocycles. The third-order valence-corrected chi connectivity index (χ3v) is 6.28. The first-order valence-electron chi connectivity index (χ1n) is 8.11. The summed E-state index contributed by atoms with van der Waals surface area (Å²) in [7, 11) is 0. The van der Waals surface area contributed by atoms with Gasteiger partial charge in [-0.3, -0.25) is 4.79 Å². The molecule has 1 N–H and O–H groups in total. The Balaban J connectivity index is 1.79. The highest BCUT2D eigenvalue weighted by molar-refractivity contribution is 5.84. The number of hydrogen-bond acceptors (Lipinski definition) is 2. The number of carbonyl (C=O) groups is 1. The van der Waals surface area contributed by atoms with Crippen molar-refractivity contribution in [1.82, 2.24) is 5.32 Å². The topological polar surface area (TPSA) is 52.9 Å². The molecule has 4 fully saturated rings. The fourth-order valence-electron chi connectivity index (χ4n) is 5.06. The molecule has 4 bridgehead atoms. The largest absolute Gasteiger partial charge is 0.337 e. The van der Waals surface area contributed by atoms with Gasteiger partial charge >= 0.3 is 0 Å². The van der Waals surface area contributed by atoms with Gasteiger partial charge in [-0.05, 0) is 69.1 Å². The Morgan fingerprint density at radius 2 is 1.65 bits per heavy atom. The summed E-state index contributed by atoms with van der Waals surface area (Å²) in [5, 5.41) is 12.5. The summed E-state index contributed by atoms with van der Waals surface area (Å²) >= 11 is 0. The molecular weight excluding hydrogens is 248 g/mol. The smallest absolute Gasteiger partial charge is 0.227 e. The molecule has 0 saturated heterocycles. The average molecular weight is 274 g/mol. The van der Waals surface area contributed by atoms with E-state index in [1.165, 1.54) is 19.3 Å². The second-order valence-corrected chi connectivity index (χ2v) is 8.12. The van der Waals surface area contributed by atoms with E-state index < -0.39 is 5.54 Å². The standard InChI is InChI=1S/C17H26N2O/c1-11(2)16(3,10-18)19-15(20)17-7-12-4-13(8-17)6-14(5-12)9-17/h11-14H,4-9H2,1-3H3,(H,19,20). The van der Waals surface area contributed by atoms with Crippen molar-refractivity contribution >= 4 is 5.91 Å². The minimum Gasteiger partial charge on any atom is -0.337 e. The molecule has 110 valence electrons. The number of nitrogens with zero attached hydrogens (tertiary/aromatic N) is 1. The second-order valence-electron chi connectivity index (χ2n) is 8.12. The molecule has 0 radical (unpaired) electrons. The van der Waals surface area contributed by atoms with Crippen molar-refractivity contribution in [2.75, 3.05) is 0 Å². The highest BCUT2D eigenvalue weighted by atomic mass is 16.2. The third-order valence-electron chi connectivity index (χ3n) is 6.28. The highest BCUT2D eigenvalue weighted by Crippen LogP contribution is 2.60. The van der Waals surface area contributed by atoms with Gasteiger partial charge < -0.3 is 5.32 Å². The van der Waals surface area contributed by atoms with Crippen LogP contribution in [0.5, 0.6) is 0 Å². The van der Waals surface area contributed by atoms with Crippen molar-refractivity contribution in [3.8, 4) is 6.07 Å². The van der Waals surface area contributed by atoms with Gasteiger partial charge in [0.05, 0.1) is 11.5 Å². The molecule has 0 aromatic carbocycles. The first kappa shape index (κ1) is 13.9. The Morgan fingerprint density at radius 3 is 2.00 bits per heavy atom. The fourth-order valence-corrected chi connectivity index (χ4v) is 5.06. The number of nitrogens with one attached hydrogen (secondary N) is 1. The van der Waals surface area contributed by atoms with Crippen molar-refractivity contribution in [3.05, 3.63) is 0 Å². The number of nitriles is 1. The molecule has 3 heteroatoms. The van der Waals surface area contributed by atoms with Crippen LogP contribution in [0.4, 0.5) is 0 Å². The van der Waals surface area contributed by atoms with E-state index in [2.05, 4.69) is 11.4 Å². The van der Waals surface area contributed by atoms with E-state index >= 15 is 0 Å². The predicted octanol–water partition coefficient (Wildman–Crippen LogP) is 3.26. The lowest BCUT2D eigenvalue weighted by Crippen LogP contribution is -2.59. The van der Waals surface area contributed by atoms with Gasteiger partial charge in [-0.1, -0.05) is 13.8 Å². The Morgan fingerprint density at radius 1 is 1.20 bits per heavy atom. The quantitative estimate of drug-likeness (QED) is 0.858. The Kier molecular flexibility index (Phi) is 3.12. The van der Waals surface area contributed by atoms with Gasteiger partial charge in [-0.25, -0.2) is 0 Å². The van der Waals surface area contributed by atoms with Crippen molar-refractivity contribution in [2.45, 2.75) is 64.8 Å². The van der Waals surface area contributed by atoms with E-state index in [1.807, 2.05) is 20.8 Å². The Labute approximate surface area is 122 Å². The summed E-state index contributed by atoms with van der Waals surface area (Å²) in [5.41, 5.74) is -0.887. The van der Waals surface area contributed by atoms with Crippen LogP contribution in [0.3, 0.4) is 0 Å². The van der Waals surface area contributed by atoms with Gasteiger partial charge in [0, 0.05) is 0 Å². The minimum absolute atomic E-state index is 0.130. The number of carbonyl (C=O) groups excluding carboxylic acids is 1. The van der Waals surface area contributed by atoms with Gasteiger partial charge in [0.1, 0.15) is 5.54 Å². The first-order chi connectivity index (χ1) is 9.37. The molecule has 4 aliphatic carbocycles. The maximum absolute atomic E-state index is 12.9. The minimum atomic E-state index is -0.736. The molecular formula is C17H26N2O. The van der Waals surface area contributed by atoms with E-state index in [0.717, 1.165) is 37.0 Å². The van der Waals surface area contributed by atoms with Crippen LogP contribution >= 0.6 is 0 Å². The van der Waals surface area contributed by atoms with Crippen LogP contribution in [-0.2, 0) is 4.79 Å². The maximum Gasteiger partial charge on any atom is 0.227 e. The van der Waals surface area contributed by atoms with Gasteiger partial charge in [-0.15, -0.1) is 0 Å². The van der Waals surface area contributed by atoms with E-state index in [1.54, 1.807) is 0 Å². The zero-order chi connectivity index (χ0) is 14.5. The molecule has 1 atom stereocenters. The lowest BCUT2D eigenvalue weighted by atomic mass is 9.49. The highest BCUT2D eigenvalue weighted by Gasteiger charge is 2.55. The lowest BCUT2D eigenvalue weighted by molar-refractivity contribution is -0.148. The summed E-state index contributed by atoms with van der Waals surface area (Å²) in [6.45, 7) is 5.86.